The van der Waals surface area contributed by atoms with Crippen molar-refractivity contribution in [2.75, 3.05) is 6.61 Å². The number of esters is 1. The number of rotatable bonds is 9. The molecule has 0 radical (unpaired) electrons. The van der Waals surface area contributed by atoms with Gasteiger partial charge in [0.1, 0.15) is 5.75 Å². The van der Waals surface area contributed by atoms with Crippen molar-refractivity contribution in [3.05, 3.63) is 29.3 Å². The van der Waals surface area contributed by atoms with Crippen LogP contribution in [0.3, 0.4) is 0 Å². The molecule has 2 atom stereocenters. The van der Waals surface area contributed by atoms with E-state index in [-0.39, 0.29) is 28.5 Å². The maximum absolute atomic E-state index is 13.1. The molecule has 0 amide bonds. The van der Waals surface area contributed by atoms with Crippen LogP contribution in [0, 0.1) is 11.3 Å². The van der Waals surface area contributed by atoms with Gasteiger partial charge in [0.05, 0.1) is 12.5 Å². The van der Waals surface area contributed by atoms with Crippen LogP contribution in [0.4, 0.5) is 0 Å². The number of hydrogen-bond acceptors (Lipinski definition) is 3. The van der Waals surface area contributed by atoms with Gasteiger partial charge in [0, 0.05) is 0 Å². The predicted molar refractivity (Wildman–Crippen MR) is 118 cm³/mol. The number of aromatic hydroxyl groups is 1. The SMILES string of the molecule is CCCCC(CC)COC(=O)C(CC(C)(C)C)c1ccc(O)c(C(C)(C)C)c1. The summed E-state index contributed by atoms with van der Waals surface area (Å²) < 4.78 is 5.81. The third-order valence-corrected chi connectivity index (χ3v) is 5.34. The number of ether oxygens (including phenoxy) is 1. The van der Waals surface area contributed by atoms with E-state index in [4.69, 9.17) is 4.74 Å². The van der Waals surface area contributed by atoms with Gasteiger partial charge in [-0.15, -0.1) is 0 Å². The summed E-state index contributed by atoms with van der Waals surface area (Å²) in [5, 5.41) is 10.3. The van der Waals surface area contributed by atoms with Gasteiger partial charge in [0.2, 0.25) is 0 Å². The van der Waals surface area contributed by atoms with E-state index in [9.17, 15) is 9.90 Å². The highest BCUT2D eigenvalue weighted by atomic mass is 16.5. The lowest BCUT2D eigenvalue weighted by Gasteiger charge is -2.28. The molecule has 0 aromatic heterocycles. The molecule has 0 aliphatic heterocycles. The maximum atomic E-state index is 13.1. The fourth-order valence-electron chi connectivity index (χ4n) is 3.52. The Balaban J connectivity index is 3.08. The number of carbonyl (C=O) groups is 1. The third-order valence-electron chi connectivity index (χ3n) is 5.34. The Hall–Kier alpha value is -1.51. The van der Waals surface area contributed by atoms with Gasteiger partial charge < -0.3 is 9.84 Å². The summed E-state index contributed by atoms with van der Waals surface area (Å²) in [7, 11) is 0. The summed E-state index contributed by atoms with van der Waals surface area (Å²) in [4.78, 5) is 13.1. The molecule has 0 saturated carbocycles. The van der Waals surface area contributed by atoms with Crippen LogP contribution in [0.2, 0.25) is 0 Å². The van der Waals surface area contributed by atoms with Crippen molar-refractivity contribution in [2.45, 2.75) is 98.8 Å². The van der Waals surface area contributed by atoms with E-state index in [1.54, 1.807) is 6.07 Å². The van der Waals surface area contributed by atoms with E-state index in [0.29, 0.717) is 18.9 Å². The number of phenolic OH excluding ortho intramolecular Hbond substituents is 1. The second kappa shape index (κ2) is 10.3. The number of hydrogen-bond donors (Lipinski definition) is 1. The molecule has 0 heterocycles. The zero-order valence-electron chi connectivity index (χ0n) is 19.4. The van der Waals surface area contributed by atoms with E-state index in [0.717, 1.165) is 24.0 Å². The molecule has 1 aromatic rings. The van der Waals surface area contributed by atoms with Crippen LogP contribution >= 0.6 is 0 Å². The fourth-order valence-corrected chi connectivity index (χ4v) is 3.52. The van der Waals surface area contributed by atoms with Crippen molar-refractivity contribution in [1.29, 1.82) is 0 Å². The molecule has 1 aromatic carbocycles. The standard InChI is InChI=1S/C25H42O3/c1-9-11-12-18(10-2)17-28-23(27)20(16-24(3,4)5)19-13-14-22(26)21(15-19)25(6,7)8/h13-15,18,20,26H,9-12,16-17H2,1-8H3. The molecule has 0 aliphatic rings. The minimum atomic E-state index is -0.314. The van der Waals surface area contributed by atoms with Crippen molar-refractivity contribution < 1.29 is 14.6 Å². The monoisotopic (exact) mass is 390 g/mol. The first kappa shape index (κ1) is 24.5. The average molecular weight is 391 g/mol. The van der Waals surface area contributed by atoms with Crippen LogP contribution in [0.15, 0.2) is 18.2 Å². The maximum Gasteiger partial charge on any atom is 0.313 e. The zero-order chi connectivity index (χ0) is 21.5. The summed E-state index contributed by atoms with van der Waals surface area (Å²) in [6.07, 6.45) is 5.20. The Kier molecular flexibility index (Phi) is 9.04. The lowest BCUT2D eigenvalue weighted by Crippen LogP contribution is -2.24. The van der Waals surface area contributed by atoms with Gasteiger partial charge in [-0.3, -0.25) is 4.79 Å². The molecule has 160 valence electrons. The first-order valence-electron chi connectivity index (χ1n) is 10.9. The largest absolute Gasteiger partial charge is 0.508 e. The van der Waals surface area contributed by atoms with Crippen molar-refractivity contribution in [2.24, 2.45) is 11.3 Å². The Bertz CT molecular complexity index is 620. The zero-order valence-corrected chi connectivity index (χ0v) is 19.4. The van der Waals surface area contributed by atoms with E-state index >= 15 is 0 Å². The summed E-state index contributed by atoms with van der Waals surface area (Å²) in [6, 6.07) is 5.58. The summed E-state index contributed by atoms with van der Waals surface area (Å²) in [5.74, 6) is 0.259. The minimum absolute atomic E-state index is 0.00413. The molecule has 0 bridgehead atoms. The van der Waals surface area contributed by atoms with Crippen molar-refractivity contribution >= 4 is 5.97 Å². The predicted octanol–water partition coefficient (Wildman–Crippen LogP) is 6.97. The highest BCUT2D eigenvalue weighted by Crippen LogP contribution is 2.37. The Morgan fingerprint density at radius 1 is 1.11 bits per heavy atom. The molecular weight excluding hydrogens is 348 g/mol. The second-order valence-corrected chi connectivity index (χ2v) is 10.4. The molecule has 0 fully saturated rings. The number of carbonyl (C=O) groups excluding carboxylic acids is 1. The normalized spacial score (nSPS) is 14.6. The van der Waals surface area contributed by atoms with Crippen LogP contribution in [-0.4, -0.2) is 17.7 Å². The second-order valence-electron chi connectivity index (χ2n) is 10.4. The highest BCUT2D eigenvalue weighted by Gasteiger charge is 2.30. The lowest BCUT2D eigenvalue weighted by molar-refractivity contribution is -0.147. The minimum Gasteiger partial charge on any atom is -0.508 e. The molecule has 0 spiro atoms. The van der Waals surface area contributed by atoms with Gasteiger partial charge in [0.15, 0.2) is 0 Å². The number of benzene rings is 1. The number of phenols is 1. The Labute approximate surface area is 172 Å². The van der Waals surface area contributed by atoms with Crippen molar-refractivity contribution in [3.63, 3.8) is 0 Å². The first-order valence-corrected chi connectivity index (χ1v) is 10.9. The molecule has 2 unspecified atom stereocenters. The first-order chi connectivity index (χ1) is 12.9. The summed E-state index contributed by atoms with van der Waals surface area (Å²) in [6.45, 7) is 17.5. The van der Waals surface area contributed by atoms with E-state index in [1.807, 2.05) is 12.1 Å². The van der Waals surface area contributed by atoms with E-state index in [1.165, 1.54) is 12.8 Å². The van der Waals surface area contributed by atoms with Crippen LogP contribution in [0.5, 0.6) is 5.75 Å². The van der Waals surface area contributed by atoms with Gasteiger partial charge in [-0.2, -0.15) is 0 Å². The molecular formula is C25H42O3. The quantitative estimate of drug-likeness (QED) is 0.463. The highest BCUT2D eigenvalue weighted by molar-refractivity contribution is 5.78. The van der Waals surface area contributed by atoms with Crippen molar-refractivity contribution in [1.82, 2.24) is 0 Å². The molecule has 1 rings (SSSR count). The van der Waals surface area contributed by atoms with Crippen LogP contribution in [0.25, 0.3) is 0 Å². The molecule has 3 nitrogen and oxygen atoms in total. The molecule has 0 aliphatic carbocycles. The van der Waals surface area contributed by atoms with Crippen LogP contribution in [-0.2, 0) is 14.9 Å². The summed E-state index contributed by atoms with van der Waals surface area (Å²) in [5.41, 5.74) is 1.61. The van der Waals surface area contributed by atoms with Gasteiger partial charge in [-0.1, -0.05) is 86.8 Å². The van der Waals surface area contributed by atoms with Crippen LogP contribution in [0.1, 0.15) is 105 Å². The molecule has 0 saturated heterocycles. The van der Waals surface area contributed by atoms with Gasteiger partial charge in [-0.25, -0.2) is 0 Å². The average Bonchev–Trinajstić information content (AvgIpc) is 2.58. The molecule has 3 heteroatoms. The molecule has 1 N–H and O–H groups in total. The topological polar surface area (TPSA) is 46.5 Å². The Morgan fingerprint density at radius 2 is 1.75 bits per heavy atom. The van der Waals surface area contributed by atoms with Crippen LogP contribution < -0.4 is 0 Å². The smallest absolute Gasteiger partial charge is 0.313 e. The lowest BCUT2D eigenvalue weighted by atomic mass is 9.79. The molecule has 28 heavy (non-hydrogen) atoms. The fraction of sp³-hybridized carbons (Fsp3) is 0.720. The van der Waals surface area contributed by atoms with E-state index < -0.39 is 0 Å². The van der Waals surface area contributed by atoms with Gasteiger partial charge in [-0.05, 0) is 46.8 Å². The summed E-state index contributed by atoms with van der Waals surface area (Å²) >= 11 is 0. The third kappa shape index (κ3) is 7.85. The van der Waals surface area contributed by atoms with Crippen molar-refractivity contribution in [3.8, 4) is 5.75 Å². The Morgan fingerprint density at radius 3 is 2.25 bits per heavy atom. The van der Waals surface area contributed by atoms with Gasteiger partial charge >= 0.3 is 5.97 Å². The van der Waals surface area contributed by atoms with Gasteiger partial charge in [0.25, 0.3) is 0 Å². The number of unbranched alkanes of at least 4 members (excludes halogenated alkanes) is 1. The van der Waals surface area contributed by atoms with E-state index in [2.05, 4.69) is 55.4 Å².